The predicted molar refractivity (Wildman–Crippen MR) is 81.5 cm³/mol. The summed E-state index contributed by atoms with van der Waals surface area (Å²) in [5.74, 6) is 1.51. The molecule has 1 aliphatic carbocycles. The molecule has 0 spiro atoms. The van der Waals surface area contributed by atoms with E-state index in [0.717, 1.165) is 22.6 Å². The highest BCUT2D eigenvalue weighted by molar-refractivity contribution is 9.09. The average molecular weight is 328 g/mol. The number of hydrogen-bond acceptors (Lipinski definition) is 3. The molecule has 100 valence electrons. The van der Waals surface area contributed by atoms with E-state index in [4.69, 9.17) is 10.2 Å². The van der Waals surface area contributed by atoms with Gasteiger partial charge in [-0.05, 0) is 37.5 Å². The van der Waals surface area contributed by atoms with E-state index in [1.165, 1.54) is 12.8 Å². The van der Waals surface area contributed by atoms with Gasteiger partial charge in [0.2, 0.25) is 0 Å². The quantitative estimate of drug-likeness (QED) is 0.787. The van der Waals surface area contributed by atoms with Crippen LogP contribution >= 0.6 is 15.9 Å². The lowest BCUT2D eigenvalue weighted by Gasteiger charge is -2.12. The van der Waals surface area contributed by atoms with Gasteiger partial charge >= 0.3 is 0 Å². The Balaban J connectivity index is 2.04. The molecule has 1 aromatic heterocycles. The summed E-state index contributed by atoms with van der Waals surface area (Å²) < 4.78 is 0. The first-order valence-electron chi connectivity index (χ1n) is 6.70. The summed E-state index contributed by atoms with van der Waals surface area (Å²) in [7, 11) is 0. The Morgan fingerprint density at radius 1 is 1.30 bits per heavy atom. The van der Waals surface area contributed by atoms with Gasteiger partial charge in [0.1, 0.15) is 5.82 Å². The summed E-state index contributed by atoms with van der Waals surface area (Å²) in [6, 6.07) is 9.69. The van der Waals surface area contributed by atoms with E-state index in [1.54, 1.807) is 0 Å². The molecule has 0 radical (unpaired) electrons. The topological polar surface area (TPSA) is 49.6 Å². The Morgan fingerprint density at radius 3 is 2.55 bits per heavy atom. The van der Waals surface area contributed by atoms with Crippen LogP contribution in [0.5, 0.6) is 0 Å². The van der Waals surface area contributed by atoms with Gasteiger partial charge in [-0.25, -0.2) is 9.97 Å². The zero-order chi connectivity index (χ0) is 14.1. The normalized spacial score (nSPS) is 15.7. The standard InChI is InChI=1S/C16H14BrN3/c1-10(17)15-14(9-19-16(20-15)13-6-7-13)12-4-2-11(8-18)3-5-12/h2-5,9-10,13H,6-7H2,1H3/t10-/m0/s1. The summed E-state index contributed by atoms with van der Waals surface area (Å²) in [5.41, 5.74) is 3.76. The lowest BCUT2D eigenvalue weighted by atomic mass is 10.0. The summed E-state index contributed by atoms with van der Waals surface area (Å²) >= 11 is 3.62. The Hall–Kier alpha value is -1.73. The predicted octanol–water partition coefficient (Wildman–Crippen LogP) is 4.35. The van der Waals surface area contributed by atoms with Crippen molar-refractivity contribution in [1.82, 2.24) is 9.97 Å². The van der Waals surface area contributed by atoms with Crippen LogP contribution < -0.4 is 0 Å². The maximum Gasteiger partial charge on any atom is 0.131 e. The first-order valence-corrected chi connectivity index (χ1v) is 7.62. The van der Waals surface area contributed by atoms with E-state index >= 15 is 0 Å². The SMILES string of the molecule is C[C@H](Br)c1nc(C2CC2)ncc1-c1ccc(C#N)cc1. The Morgan fingerprint density at radius 2 is 2.00 bits per heavy atom. The van der Waals surface area contributed by atoms with Crippen LogP contribution in [0.3, 0.4) is 0 Å². The number of nitrogens with zero attached hydrogens (tertiary/aromatic N) is 3. The molecule has 1 heterocycles. The molecule has 0 amide bonds. The van der Waals surface area contributed by atoms with Gasteiger partial charge in [0.25, 0.3) is 0 Å². The lowest BCUT2D eigenvalue weighted by Crippen LogP contribution is -2.01. The largest absolute Gasteiger partial charge is 0.240 e. The van der Waals surface area contributed by atoms with Crippen molar-refractivity contribution in [2.24, 2.45) is 0 Å². The molecule has 4 heteroatoms. The summed E-state index contributed by atoms with van der Waals surface area (Å²) in [4.78, 5) is 9.41. The minimum Gasteiger partial charge on any atom is -0.240 e. The molecule has 0 aliphatic heterocycles. The molecule has 1 aromatic carbocycles. The summed E-state index contributed by atoms with van der Waals surface area (Å²) in [6.07, 6.45) is 4.31. The second kappa shape index (κ2) is 5.34. The third-order valence-corrected chi connectivity index (χ3v) is 3.91. The van der Waals surface area contributed by atoms with Crippen LogP contribution in [-0.4, -0.2) is 9.97 Å². The molecule has 20 heavy (non-hydrogen) atoms. The monoisotopic (exact) mass is 327 g/mol. The highest BCUT2D eigenvalue weighted by atomic mass is 79.9. The summed E-state index contributed by atoms with van der Waals surface area (Å²) in [5, 5.41) is 8.86. The molecule has 0 saturated heterocycles. The van der Waals surface area contributed by atoms with Crippen LogP contribution in [0.2, 0.25) is 0 Å². The molecule has 1 atom stereocenters. The zero-order valence-corrected chi connectivity index (χ0v) is 12.8. The second-order valence-corrected chi connectivity index (χ2v) is 6.48. The molecule has 3 rings (SSSR count). The van der Waals surface area contributed by atoms with E-state index in [-0.39, 0.29) is 4.83 Å². The number of alkyl halides is 1. The van der Waals surface area contributed by atoms with E-state index in [1.807, 2.05) is 30.5 Å². The number of nitriles is 1. The summed E-state index contributed by atoms with van der Waals surface area (Å²) in [6.45, 7) is 2.08. The molecule has 1 aliphatic rings. The van der Waals surface area contributed by atoms with Gasteiger partial charge in [-0.15, -0.1) is 0 Å². The van der Waals surface area contributed by atoms with Crippen LogP contribution in [-0.2, 0) is 0 Å². The Bertz CT molecular complexity index is 667. The third-order valence-electron chi connectivity index (χ3n) is 3.48. The van der Waals surface area contributed by atoms with Crippen molar-refractivity contribution in [3.8, 4) is 17.2 Å². The molecule has 0 bridgehead atoms. The molecule has 3 nitrogen and oxygen atoms in total. The number of halogens is 1. The van der Waals surface area contributed by atoms with E-state index in [9.17, 15) is 0 Å². The molecule has 2 aromatic rings. The smallest absolute Gasteiger partial charge is 0.131 e. The molecule has 0 unspecified atom stereocenters. The lowest BCUT2D eigenvalue weighted by molar-refractivity contribution is 0.878. The highest BCUT2D eigenvalue weighted by Gasteiger charge is 2.27. The number of hydrogen-bond donors (Lipinski definition) is 0. The first kappa shape index (κ1) is 13.3. The van der Waals surface area contributed by atoms with Crippen LogP contribution in [0.15, 0.2) is 30.5 Å². The van der Waals surface area contributed by atoms with Crippen LogP contribution in [0.4, 0.5) is 0 Å². The number of benzene rings is 1. The first-order chi connectivity index (χ1) is 9.69. The van der Waals surface area contributed by atoms with Crippen molar-refractivity contribution in [3.05, 3.63) is 47.5 Å². The highest BCUT2D eigenvalue weighted by Crippen LogP contribution is 2.40. The molecular weight excluding hydrogens is 314 g/mol. The number of rotatable bonds is 3. The van der Waals surface area contributed by atoms with Gasteiger partial charge in [-0.1, -0.05) is 28.1 Å². The maximum atomic E-state index is 8.86. The maximum absolute atomic E-state index is 8.86. The van der Waals surface area contributed by atoms with Gasteiger partial charge in [-0.2, -0.15) is 5.26 Å². The third kappa shape index (κ3) is 2.59. The fourth-order valence-electron chi connectivity index (χ4n) is 2.20. The van der Waals surface area contributed by atoms with Gasteiger partial charge in [0, 0.05) is 17.7 Å². The Labute approximate surface area is 126 Å². The van der Waals surface area contributed by atoms with E-state index in [0.29, 0.717) is 11.5 Å². The zero-order valence-electron chi connectivity index (χ0n) is 11.2. The van der Waals surface area contributed by atoms with Crippen molar-refractivity contribution in [1.29, 1.82) is 5.26 Å². The van der Waals surface area contributed by atoms with Gasteiger partial charge < -0.3 is 0 Å². The molecule has 1 saturated carbocycles. The van der Waals surface area contributed by atoms with Gasteiger partial charge in [0.15, 0.2) is 0 Å². The number of aromatic nitrogens is 2. The molecule has 0 N–H and O–H groups in total. The van der Waals surface area contributed by atoms with E-state index < -0.39 is 0 Å². The Kier molecular flexibility index (Phi) is 3.54. The van der Waals surface area contributed by atoms with Crippen LogP contribution in [0, 0.1) is 11.3 Å². The fourth-order valence-corrected chi connectivity index (χ4v) is 2.55. The van der Waals surface area contributed by atoms with E-state index in [2.05, 4.69) is 33.9 Å². The van der Waals surface area contributed by atoms with Gasteiger partial charge in [-0.3, -0.25) is 0 Å². The van der Waals surface area contributed by atoms with Crippen molar-refractivity contribution in [2.75, 3.05) is 0 Å². The van der Waals surface area contributed by atoms with Crippen LogP contribution in [0.25, 0.3) is 11.1 Å². The van der Waals surface area contributed by atoms with Crippen molar-refractivity contribution < 1.29 is 0 Å². The minimum atomic E-state index is 0.175. The van der Waals surface area contributed by atoms with Crippen molar-refractivity contribution in [2.45, 2.75) is 30.5 Å². The van der Waals surface area contributed by atoms with Crippen LogP contribution in [0.1, 0.15) is 47.6 Å². The molecule has 1 fully saturated rings. The fraction of sp³-hybridized carbons (Fsp3) is 0.312. The average Bonchev–Trinajstić information content (AvgIpc) is 3.31. The second-order valence-electron chi connectivity index (χ2n) is 5.11. The van der Waals surface area contributed by atoms with Gasteiger partial charge in [0.05, 0.1) is 22.2 Å². The van der Waals surface area contributed by atoms with Crippen molar-refractivity contribution in [3.63, 3.8) is 0 Å². The minimum absolute atomic E-state index is 0.175. The molecular formula is C16H14BrN3. The van der Waals surface area contributed by atoms with Crippen molar-refractivity contribution >= 4 is 15.9 Å².